The zero-order chi connectivity index (χ0) is 23.5. The maximum Gasteiger partial charge on any atom is 0.0639 e. The van der Waals surface area contributed by atoms with E-state index in [4.69, 9.17) is 5.11 Å². The summed E-state index contributed by atoms with van der Waals surface area (Å²) in [4.78, 5) is 0. The number of rotatable bonds is 16. The van der Waals surface area contributed by atoms with Crippen LogP contribution < -0.4 is 0 Å². The Balaban J connectivity index is 4.07. The fourth-order valence-corrected chi connectivity index (χ4v) is 3.36. The van der Waals surface area contributed by atoms with Gasteiger partial charge in [-0.15, -0.1) is 0 Å². The van der Waals surface area contributed by atoms with Gasteiger partial charge in [0.05, 0.1) is 6.61 Å². The highest BCUT2D eigenvalue weighted by Crippen LogP contribution is 2.14. The maximum absolute atomic E-state index is 9.02. The highest BCUT2D eigenvalue weighted by molar-refractivity contribution is 5.08. The molecule has 0 spiro atoms. The Morgan fingerprint density at radius 1 is 0.419 bits per heavy atom. The number of allylic oxidation sites excluding steroid dienone is 11. The van der Waals surface area contributed by atoms with Crippen LogP contribution in [0.5, 0.6) is 0 Å². The lowest BCUT2D eigenvalue weighted by Crippen LogP contribution is -1.85. The van der Waals surface area contributed by atoms with E-state index in [0.29, 0.717) is 0 Å². The summed E-state index contributed by atoms with van der Waals surface area (Å²) in [6.07, 6.45) is 25.5. The van der Waals surface area contributed by atoms with Crippen LogP contribution in [-0.2, 0) is 0 Å². The molecular weight excluding hydrogens is 376 g/mol. The van der Waals surface area contributed by atoms with Crippen LogP contribution in [0, 0.1) is 0 Å². The molecule has 0 atom stereocenters. The van der Waals surface area contributed by atoms with Gasteiger partial charge in [-0.25, -0.2) is 0 Å². The molecule has 0 fully saturated rings. The van der Waals surface area contributed by atoms with Gasteiger partial charge in [-0.1, -0.05) is 69.9 Å². The predicted molar refractivity (Wildman–Crippen MR) is 141 cm³/mol. The normalized spacial score (nSPS) is 14.3. The van der Waals surface area contributed by atoms with E-state index >= 15 is 0 Å². The summed E-state index contributed by atoms with van der Waals surface area (Å²) in [5.74, 6) is 0. The van der Waals surface area contributed by atoms with Gasteiger partial charge in [0.25, 0.3) is 0 Å². The Morgan fingerprint density at radius 2 is 0.710 bits per heavy atom. The van der Waals surface area contributed by atoms with Gasteiger partial charge in [-0.3, -0.25) is 0 Å². The molecule has 0 radical (unpaired) electrons. The lowest BCUT2D eigenvalue weighted by atomic mass is 10.0. The van der Waals surface area contributed by atoms with Gasteiger partial charge in [-0.05, 0) is 113 Å². The first-order valence-corrected chi connectivity index (χ1v) is 12.3. The summed E-state index contributed by atoms with van der Waals surface area (Å²) in [7, 11) is 0. The van der Waals surface area contributed by atoms with Crippen molar-refractivity contribution in [2.75, 3.05) is 6.61 Å². The van der Waals surface area contributed by atoms with Crippen LogP contribution in [-0.4, -0.2) is 11.7 Å². The summed E-state index contributed by atoms with van der Waals surface area (Å²) >= 11 is 0. The zero-order valence-corrected chi connectivity index (χ0v) is 21.7. The number of aliphatic hydroxyl groups is 1. The van der Waals surface area contributed by atoms with E-state index in [2.05, 4.69) is 78.0 Å². The quantitative estimate of drug-likeness (QED) is 0.192. The molecule has 0 heterocycles. The highest BCUT2D eigenvalue weighted by atomic mass is 16.3. The summed E-state index contributed by atoms with van der Waals surface area (Å²) < 4.78 is 0. The molecule has 1 nitrogen and oxygen atoms in total. The first-order valence-electron chi connectivity index (χ1n) is 12.3. The monoisotopic (exact) mass is 426 g/mol. The van der Waals surface area contributed by atoms with E-state index < -0.39 is 0 Å². The molecule has 1 heteroatoms. The molecule has 0 saturated heterocycles. The molecule has 0 aliphatic carbocycles. The second kappa shape index (κ2) is 19.1. The topological polar surface area (TPSA) is 20.2 Å². The van der Waals surface area contributed by atoms with E-state index in [0.717, 1.165) is 44.1 Å². The van der Waals surface area contributed by atoms with Gasteiger partial charge in [0.15, 0.2) is 0 Å². The molecule has 0 aliphatic heterocycles. The van der Waals surface area contributed by atoms with Crippen molar-refractivity contribution in [3.63, 3.8) is 0 Å². The third-order valence-electron chi connectivity index (χ3n) is 5.59. The molecule has 0 bridgehead atoms. The summed E-state index contributed by atoms with van der Waals surface area (Å²) in [5, 5.41) is 9.02. The summed E-state index contributed by atoms with van der Waals surface area (Å²) in [6.45, 7) is 15.5. The SMILES string of the molecule is CC(C)=CCCC(C)=CCCC(C)=CCCC=C(C)CCC=C(C)CCC=C(C)CO. The van der Waals surface area contributed by atoms with E-state index in [1.165, 1.54) is 53.5 Å². The Kier molecular flexibility index (Phi) is 18.1. The highest BCUT2D eigenvalue weighted by Gasteiger charge is 1.94. The zero-order valence-electron chi connectivity index (χ0n) is 21.7. The van der Waals surface area contributed by atoms with Crippen LogP contribution >= 0.6 is 0 Å². The lowest BCUT2D eigenvalue weighted by molar-refractivity contribution is 0.331. The number of hydrogen-bond donors (Lipinski definition) is 1. The number of aliphatic hydroxyl groups excluding tert-OH is 1. The molecule has 0 saturated carbocycles. The fraction of sp³-hybridized carbons (Fsp3) is 0.600. The first-order chi connectivity index (χ1) is 14.7. The number of hydrogen-bond acceptors (Lipinski definition) is 1. The molecule has 31 heavy (non-hydrogen) atoms. The van der Waals surface area contributed by atoms with Crippen LogP contribution in [0.15, 0.2) is 69.9 Å². The predicted octanol–water partition coefficient (Wildman–Crippen LogP) is 9.58. The van der Waals surface area contributed by atoms with Crippen molar-refractivity contribution in [2.45, 2.75) is 113 Å². The van der Waals surface area contributed by atoms with E-state index in [1.807, 2.05) is 6.92 Å². The van der Waals surface area contributed by atoms with Gasteiger partial charge in [-0.2, -0.15) is 0 Å². The Morgan fingerprint density at radius 3 is 1.03 bits per heavy atom. The van der Waals surface area contributed by atoms with Crippen molar-refractivity contribution in [3.8, 4) is 0 Å². The van der Waals surface area contributed by atoms with Gasteiger partial charge in [0.1, 0.15) is 0 Å². The van der Waals surface area contributed by atoms with E-state index in [1.54, 1.807) is 0 Å². The third kappa shape index (κ3) is 20.1. The van der Waals surface area contributed by atoms with Crippen LogP contribution in [0.25, 0.3) is 0 Å². The first kappa shape index (κ1) is 29.4. The number of unbranched alkanes of at least 4 members (excludes halogenated alkanes) is 1. The minimum atomic E-state index is 0.176. The van der Waals surface area contributed by atoms with Crippen LogP contribution in [0.3, 0.4) is 0 Å². The van der Waals surface area contributed by atoms with E-state index in [-0.39, 0.29) is 6.61 Å². The molecule has 176 valence electrons. The third-order valence-corrected chi connectivity index (χ3v) is 5.59. The Bertz CT molecular complexity index is 661. The minimum absolute atomic E-state index is 0.176. The van der Waals surface area contributed by atoms with Crippen molar-refractivity contribution in [1.29, 1.82) is 0 Å². The van der Waals surface area contributed by atoms with Crippen molar-refractivity contribution in [3.05, 3.63) is 69.9 Å². The Hall–Kier alpha value is -1.60. The molecular formula is C30H50O. The lowest BCUT2D eigenvalue weighted by Gasteiger charge is -2.03. The molecule has 0 aliphatic rings. The van der Waals surface area contributed by atoms with Gasteiger partial charge < -0.3 is 5.11 Å². The maximum atomic E-state index is 9.02. The van der Waals surface area contributed by atoms with Crippen molar-refractivity contribution >= 4 is 0 Å². The van der Waals surface area contributed by atoms with Crippen molar-refractivity contribution in [1.82, 2.24) is 0 Å². The second-order valence-electron chi connectivity index (χ2n) is 9.42. The fourth-order valence-electron chi connectivity index (χ4n) is 3.36. The second-order valence-corrected chi connectivity index (χ2v) is 9.42. The molecule has 1 N–H and O–H groups in total. The van der Waals surface area contributed by atoms with Crippen molar-refractivity contribution < 1.29 is 5.11 Å². The van der Waals surface area contributed by atoms with Gasteiger partial charge in [0, 0.05) is 0 Å². The standard InChI is InChI=1S/C30H50O/c1-25(2)14-10-17-28(5)20-11-18-26(3)15-8-9-16-27(4)19-12-21-29(6)22-13-23-30(7)24-31/h14-16,20-21,23,31H,8-13,17-19,22,24H2,1-7H3. The van der Waals surface area contributed by atoms with E-state index in [9.17, 15) is 0 Å². The molecule has 0 unspecified atom stereocenters. The molecule has 0 aromatic heterocycles. The minimum Gasteiger partial charge on any atom is -0.392 e. The Labute approximate surface area is 194 Å². The summed E-state index contributed by atoms with van der Waals surface area (Å²) in [6, 6.07) is 0. The largest absolute Gasteiger partial charge is 0.392 e. The average Bonchev–Trinajstić information content (AvgIpc) is 2.70. The van der Waals surface area contributed by atoms with Gasteiger partial charge in [0.2, 0.25) is 0 Å². The van der Waals surface area contributed by atoms with Crippen LogP contribution in [0.2, 0.25) is 0 Å². The molecule has 0 aromatic rings. The smallest absolute Gasteiger partial charge is 0.0639 e. The van der Waals surface area contributed by atoms with Gasteiger partial charge >= 0.3 is 0 Å². The average molecular weight is 427 g/mol. The van der Waals surface area contributed by atoms with Crippen LogP contribution in [0.4, 0.5) is 0 Å². The summed E-state index contributed by atoms with van der Waals surface area (Å²) in [5.41, 5.74) is 8.47. The molecule has 0 rings (SSSR count). The molecule has 0 aromatic carbocycles. The van der Waals surface area contributed by atoms with Crippen LogP contribution in [0.1, 0.15) is 113 Å². The molecule has 0 amide bonds. The van der Waals surface area contributed by atoms with Crippen molar-refractivity contribution in [2.24, 2.45) is 0 Å².